The molecule has 0 aliphatic heterocycles. The highest BCUT2D eigenvalue weighted by molar-refractivity contribution is 6.50. The topological polar surface area (TPSA) is 4.36 Å². The first kappa shape index (κ1) is 14.7. The van der Waals surface area contributed by atoms with Crippen LogP contribution in [0.15, 0.2) is 0 Å². The molecule has 108 valence electrons. The van der Waals surface area contributed by atoms with Crippen LogP contribution in [0.1, 0.15) is 45.4 Å². The van der Waals surface area contributed by atoms with E-state index >= 15 is 0 Å². The molecule has 1 nitrogen and oxygen atoms in total. The number of hydrogen-bond donors (Lipinski definition) is 0. The van der Waals surface area contributed by atoms with Crippen LogP contribution in [0.4, 0.5) is 17.3 Å². The van der Waals surface area contributed by atoms with Crippen molar-refractivity contribution in [1.29, 1.82) is 0 Å². The van der Waals surface area contributed by atoms with Crippen LogP contribution < -0.4 is 0 Å². The summed E-state index contributed by atoms with van der Waals surface area (Å²) in [6.07, 6.45) is 8.78. The van der Waals surface area contributed by atoms with E-state index in [1.165, 1.54) is 38.5 Å². The predicted molar refractivity (Wildman–Crippen MR) is 68.6 cm³/mol. The monoisotopic (exact) mass is 277 g/mol. The first-order chi connectivity index (χ1) is 8.80. The summed E-state index contributed by atoms with van der Waals surface area (Å²) in [6, 6.07) is 3.50. The third kappa shape index (κ3) is 4.12. The maximum Gasteiger partial charge on any atom is 0.673 e. The molecule has 4 rings (SSSR count). The second kappa shape index (κ2) is 5.34. The van der Waals surface area contributed by atoms with Gasteiger partial charge in [-0.05, 0) is 56.3 Å². The molecule has 0 atom stereocenters. The molecule has 0 amide bonds. The van der Waals surface area contributed by atoms with Crippen molar-refractivity contribution in [3.63, 3.8) is 0 Å². The van der Waals surface area contributed by atoms with Gasteiger partial charge in [-0.25, -0.2) is 0 Å². The second-order valence-electron chi connectivity index (χ2n) is 6.28. The summed E-state index contributed by atoms with van der Waals surface area (Å²) in [6.45, 7) is 3.04. The highest BCUT2D eigenvalue weighted by Crippen LogP contribution is 2.59. The molecule has 0 N–H and O–H groups in total. The summed E-state index contributed by atoms with van der Waals surface area (Å²) in [5.74, 6) is 3.09. The number of halogens is 4. The number of rotatable bonds is 0. The lowest BCUT2D eigenvalue weighted by molar-refractivity contribution is -0.0183. The summed E-state index contributed by atoms with van der Waals surface area (Å²) >= 11 is 0. The molecule has 0 aromatic heterocycles. The summed E-state index contributed by atoms with van der Waals surface area (Å²) < 4.78 is 39.0. The SMILES string of the molecule is CC[N+]#CC12CC3CC(CC(C3)C1)C2.F[B-](F)(F)F. The zero-order chi connectivity index (χ0) is 14.1. The Morgan fingerprint density at radius 3 is 1.68 bits per heavy atom. The van der Waals surface area contributed by atoms with Crippen LogP contribution in [0.25, 0.3) is 4.85 Å². The zero-order valence-electron chi connectivity index (χ0n) is 11.2. The fourth-order valence-corrected chi connectivity index (χ4v) is 4.49. The predicted octanol–water partition coefficient (Wildman–Crippen LogP) is 4.86. The van der Waals surface area contributed by atoms with Crippen LogP contribution in [0.5, 0.6) is 0 Å². The van der Waals surface area contributed by atoms with Gasteiger partial charge in [0, 0.05) is 6.92 Å². The molecule has 0 saturated heterocycles. The van der Waals surface area contributed by atoms with Crippen molar-refractivity contribution < 1.29 is 17.3 Å². The van der Waals surface area contributed by atoms with E-state index in [-0.39, 0.29) is 0 Å². The molecule has 4 aliphatic carbocycles. The summed E-state index contributed by atoms with van der Waals surface area (Å²) in [5, 5.41) is 0. The van der Waals surface area contributed by atoms with Gasteiger partial charge in [0.15, 0.2) is 0 Å². The minimum absolute atomic E-state index is 0.435. The molecular formula is C13H20BF4N. The van der Waals surface area contributed by atoms with Crippen molar-refractivity contribution in [2.45, 2.75) is 45.4 Å². The Hall–Kier alpha value is -0.725. The molecule has 4 fully saturated rings. The van der Waals surface area contributed by atoms with Crippen molar-refractivity contribution in [2.75, 3.05) is 6.54 Å². The van der Waals surface area contributed by atoms with Gasteiger partial charge < -0.3 is 17.3 Å². The molecule has 0 heterocycles. The van der Waals surface area contributed by atoms with Crippen LogP contribution in [-0.2, 0) is 0 Å². The van der Waals surface area contributed by atoms with E-state index in [0.29, 0.717) is 5.41 Å². The standard InChI is InChI=1S/C13H20N.BF4/c1-2-14-9-13-6-10-3-11(7-13)5-12(4-10)8-13;2-1(3,4)5/h10-12H,2-8H2,1H3;/q+1;-1. The minimum atomic E-state index is -6.00. The Morgan fingerprint density at radius 2 is 1.37 bits per heavy atom. The second-order valence-corrected chi connectivity index (χ2v) is 6.28. The highest BCUT2D eigenvalue weighted by atomic mass is 19.5. The molecule has 0 unspecified atom stereocenters. The molecule has 0 spiro atoms. The molecule has 0 radical (unpaired) electrons. The van der Waals surface area contributed by atoms with Gasteiger partial charge in [-0.15, -0.1) is 0 Å². The molecule has 0 aromatic carbocycles. The van der Waals surface area contributed by atoms with Gasteiger partial charge >= 0.3 is 7.25 Å². The van der Waals surface area contributed by atoms with E-state index in [1.54, 1.807) is 0 Å². The van der Waals surface area contributed by atoms with E-state index in [1.807, 2.05) is 0 Å². The average Bonchev–Trinajstić information content (AvgIpc) is 2.22. The maximum atomic E-state index is 9.75. The largest absolute Gasteiger partial charge is 0.673 e. The first-order valence-corrected chi connectivity index (χ1v) is 7.10. The van der Waals surface area contributed by atoms with E-state index in [0.717, 1.165) is 24.3 Å². The van der Waals surface area contributed by atoms with Gasteiger partial charge in [0.1, 0.15) is 5.41 Å². The van der Waals surface area contributed by atoms with Crippen LogP contribution in [0, 0.1) is 29.2 Å². The Bertz CT molecular complexity index is 341. The lowest BCUT2D eigenvalue weighted by atomic mass is 9.50. The van der Waals surface area contributed by atoms with Gasteiger partial charge in [0.2, 0.25) is 0 Å². The molecular weight excluding hydrogens is 257 g/mol. The summed E-state index contributed by atoms with van der Waals surface area (Å²) in [4.78, 5) is 4.41. The normalized spacial score (nSPS) is 39.1. The van der Waals surface area contributed by atoms with E-state index in [4.69, 9.17) is 0 Å². The van der Waals surface area contributed by atoms with Crippen LogP contribution in [0.3, 0.4) is 0 Å². The smallest absolute Gasteiger partial charge is 0.418 e. The van der Waals surface area contributed by atoms with Crippen molar-refractivity contribution >= 4 is 7.25 Å². The molecule has 4 aliphatic rings. The highest BCUT2D eigenvalue weighted by Gasteiger charge is 2.53. The lowest BCUT2D eigenvalue weighted by Gasteiger charge is -2.52. The van der Waals surface area contributed by atoms with E-state index in [9.17, 15) is 17.3 Å². The average molecular weight is 277 g/mol. The Kier molecular flexibility index (Phi) is 4.12. The molecule has 0 aromatic rings. The van der Waals surface area contributed by atoms with Gasteiger partial charge in [0.05, 0.1) is 0 Å². The van der Waals surface area contributed by atoms with Gasteiger partial charge in [0.25, 0.3) is 12.6 Å². The van der Waals surface area contributed by atoms with Crippen molar-refractivity contribution in [1.82, 2.24) is 0 Å². The number of hydrogen-bond acceptors (Lipinski definition) is 0. The maximum absolute atomic E-state index is 9.75. The lowest BCUT2D eigenvalue weighted by Crippen LogP contribution is -2.45. The number of nitrogens with zero attached hydrogens (tertiary/aromatic N) is 1. The van der Waals surface area contributed by atoms with Crippen molar-refractivity contribution in [3.05, 3.63) is 4.85 Å². The third-order valence-corrected chi connectivity index (χ3v) is 4.51. The first-order valence-electron chi connectivity index (χ1n) is 7.10. The summed E-state index contributed by atoms with van der Waals surface area (Å²) in [7, 11) is -6.00. The quantitative estimate of drug-likeness (QED) is 0.440. The molecule has 19 heavy (non-hydrogen) atoms. The third-order valence-electron chi connectivity index (χ3n) is 4.51. The van der Waals surface area contributed by atoms with Crippen LogP contribution in [-0.4, -0.2) is 13.8 Å². The van der Waals surface area contributed by atoms with Gasteiger partial charge in [-0.1, -0.05) is 4.85 Å². The Labute approximate surface area is 111 Å². The van der Waals surface area contributed by atoms with Gasteiger partial charge in [-0.2, -0.15) is 0 Å². The fourth-order valence-electron chi connectivity index (χ4n) is 4.49. The van der Waals surface area contributed by atoms with Gasteiger partial charge in [-0.3, -0.25) is 0 Å². The van der Waals surface area contributed by atoms with Crippen LogP contribution in [0.2, 0.25) is 0 Å². The Morgan fingerprint density at radius 1 is 1.00 bits per heavy atom. The van der Waals surface area contributed by atoms with E-state index < -0.39 is 7.25 Å². The molecule has 4 bridgehead atoms. The Balaban J connectivity index is 0.000000232. The van der Waals surface area contributed by atoms with Crippen molar-refractivity contribution in [3.8, 4) is 6.07 Å². The minimum Gasteiger partial charge on any atom is -0.418 e. The van der Waals surface area contributed by atoms with Crippen molar-refractivity contribution in [2.24, 2.45) is 23.2 Å². The summed E-state index contributed by atoms with van der Waals surface area (Å²) in [5.41, 5.74) is 0.435. The zero-order valence-corrected chi connectivity index (χ0v) is 11.2. The van der Waals surface area contributed by atoms with Crippen LogP contribution >= 0.6 is 0 Å². The fraction of sp³-hybridized carbons (Fsp3) is 0.923. The molecule has 6 heteroatoms. The molecule has 4 saturated carbocycles. The van der Waals surface area contributed by atoms with E-state index in [2.05, 4.69) is 17.8 Å².